The van der Waals surface area contributed by atoms with Gasteiger partial charge in [0.25, 0.3) is 0 Å². The summed E-state index contributed by atoms with van der Waals surface area (Å²) in [6.07, 6.45) is 6.53. The molecule has 0 amide bonds. The van der Waals surface area contributed by atoms with Crippen molar-refractivity contribution in [1.82, 2.24) is 0 Å². The molecule has 0 spiro atoms. The normalized spacial score (nSPS) is 34.2. The third-order valence-electron chi connectivity index (χ3n) is 2.24. The third-order valence-corrected chi connectivity index (χ3v) is 3.09. The molecule has 1 rings (SSSR count). The molecular weight excluding hydrogens is 211 g/mol. The maximum atomic E-state index is 6.03. The maximum absolute atomic E-state index is 6.03. The van der Waals surface area contributed by atoms with Gasteiger partial charge in [-0.3, -0.25) is 0 Å². The Morgan fingerprint density at radius 1 is 1.40 bits per heavy atom. The Morgan fingerprint density at radius 2 is 2.20 bits per heavy atom. The van der Waals surface area contributed by atoms with Crippen molar-refractivity contribution < 1.29 is 0 Å². The Morgan fingerprint density at radius 3 is 2.80 bits per heavy atom. The minimum Gasteiger partial charge on any atom is -0.123 e. The van der Waals surface area contributed by atoms with E-state index < -0.39 is 0 Å². The van der Waals surface area contributed by atoms with Crippen molar-refractivity contribution in [2.24, 2.45) is 5.92 Å². The summed E-state index contributed by atoms with van der Waals surface area (Å²) >= 11 is 9.49. The highest BCUT2D eigenvalue weighted by Crippen LogP contribution is 2.30. The highest BCUT2D eigenvalue weighted by Gasteiger charge is 2.18. The van der Waals surface area contributed by atoms with Crippen LogP contribution in [-0.4, -0.2) is 10.7 Å². The number of hydrogen-bond donors (Lipinski definition) is 0. The molecule has 0 aliphatic heterocycles. The molecule has 60 valence electrons. The van der Waals surface area contributed by atoms with Gasteiger partial charge in [0.2, 0.25) is 0 Å². The second kappa shape index (κ2) is 4.61. The molecule has 0 saturated heterocycles. The molecule has 1 aliphatic carbocycles. The predicted octanol–water partition coefficient (Wildman–Crippen LogP) is 3.57. The summed E-state index contributed by atoms with van der Waals surface area (Å²) in [7, 11) is 0. The minimum atomic E-state index is 0.470. The highest BCUT2D eigenvalue weighted by molar-refractivity contribution is 9.09. The molecule has 2 atom stereocenters. The first kappa shape index (κ1) is 8.86. The van der Waals surface area contributed by atoms with Crippen molar-refractivity contribution in [1.29, 1.82) is 0 Å². The summed E-state index contributed by atoms with van der Waals surface area (Å²) in [6, 6.07) is 0. The molecule has 1 saturated carbocycles. The number of hydrogen-bond acceptors (Lipinski definition) is 0. The molecule has 0 aromatic carbocycles. The van der Waals surface area contributed by atoms with Crippen LogP contribution >= 0.6 is 27.5 Å². The molecule has 1 aliphatic rings. The first-order valence-electron chi connectivity index (χ1n) is 4.03. The zero-order valence-electron chi connectivity index (χ0n) is 6.15. The first-order chi connectivity index (χ1) is 4.83. The molecule has 0 heterocycles. The van der Waals surface area contributed by atoms with Crippen LogP contribution in [0.3, 0.4) is 0 Å². The van der Waals surface area contributed by atoms with E-state index in [9.17, 15) is 0 Å². The van der Waals surface area contributed by atoms with E-state index >= 15 is 0 Å². The highest BCUT2D eigenvalue weighted by atomic mass is 79.9. The van der Waals surface area contributed by atoms with Gasteiger partial charge in [0.05, 0.1) is 0 Å². The van der Waals surface area contributed by atoms with Crippen LogP contribution in [0.15, 0.2) is 0 Å². The second-order valence-corrected chi connectivity index (χ2v) is 4.52. The number of rotatable bonds is 2. The third kappa shape index (κ3) is 2.79. The SMILES string of the molecule is ClC1CCC[C@H](CCBr)C1. The summed E-state index contributed by atoms with van der Waals surface area (Å²) < 4.78 is 0. The fraction of sp³-hybridized carbons (Fsp3) is 1.00. The number of alkyl halides is 2. The fourth-order valence-corrected chi connectivity index (χ4v) is 2.70. The van der Waals surface area contributed by atoms with E-state index in [0.717, 1.165) is 11.2 Å². The van der Waals surface area contributed by atoms with E-state index in [1.165, 1.54) is 32.1 Å². The molecule has 0 nitrogen and oxygen atoms in total. The Kier molecular flexibility index (Phi) is 4.08. The molecule has 1 fully saturated rings. The number of halogens is 2. The quantitative estimate of drug-likeness (QED) is 0.630. The van der Waals surface area contributed by atoms with Crippen molar-refractivity contribution in [2.75, 3.05) is 5.33 Å². The van der Waals surface area contributed by atoms with Gasteiger partial charge in [-0.1, -0.05) is 28.8 Å². The Hall–Kier alpha value is 0.770. The van der Waals surface area contributed by atoms with Gasteiger partial charge in [-0.05, 0) is 25.2 Å². The molecule has 0 radical (unpaired) electrons. The summed E-state index contributed by atoms with van der Waals surface area (Å²) in [5.41, 5.74) is 0. The van der Waals surface area contributed by atoms with Crippen LogP contribution in [0.5, 0.6) is 0 Å². The summed E-state index contributed by atoms with van der Waals surface area (Å²) in [6.45, 7) is 0. The smallest absolute Gasteiger partial charge is 0.0338 e. The van der Waals surface area contributed by atoms with E-state index in [-0.39, 0.29) is 0 Å². The van der Waals surface area contributed by atoms with Crippen LogP contribution in [-0.2, 0) is 0 Å². The molecule has 1 unspecified atom stereocenters. The predicted molar refractivity (Wildman–Crippen MR) is 50.0 cm³/mol. The lowest BCUT2D eigenvalue weighted by Crippen LogP contribution is -2.15. The van der Waals surface area contributed by atoms with Crippen LogP contribution in [0.4, 0.5) is 0 Å². The monoisotopic (exact) mass is 224 g/mol. The maximum Gasteiger partial charge on any atom is 0.0338 e. The zero-order chi connectivity index (χ0) is 7.40. The Labute approximate surface area is 76.5 Å². The molecule has 0 N–H and O–H groups in total. The molecule has 0 bridgehead atoms. The molecule has 0 aromatic rings. The van der Waals surface area contributed by atoms with Gasteiger partial charge in [-0.25, -0.2) is 0 Å². The van der Waals surface area contributed by atoms with E-state index in [0.29, 0.717) is 5.38 Å². The Balaban J connectivity index is 2.18. The summed E-state index contributed by atoms with van der Waals surface area (Å²) in [5.74, 6) is 0.899. The van der Waals surface area contributed by atoms with Gasteiger partial charge in [0, 0.05) is 10.7 Å². The topological polar surface area (TPSA) is 0 Å². The van der Waals surface area contributed by atoms with Crippen LogP contribution in [0, 0.1) is 5.92 Å². The average Bonchev–Trinajstić information content (AvgIpc) is 1.88. The van der Waals surface area contributed by atoms with Crippen molar-refractivity contribution in [3.05, 3.63) is 0 Å². The minimum absolute atomic E-state index is 0.470. The van der Waals surface area contributed by atoms with Crippen molar-refractivity contribution >= 4 is 27.5 Å². The standard InChI is InChI=1S/C8H14BrCl/c9-5-4-7-2-1-3-8(10)6-7/h7-8H,1-6H2/t7-,8?/m1/s1. The lowest BCUT2D eigenvalue weighted by molar-refractivity contribution is 0.357. The van der Waals surface area contributed by atoms with E-state index in [4.69, 9.17) is 11.6 Å². The van der Waals surface area contributed by atoms with Gasteiger partial charge >= 0.3 is 0 Å². The zero-order valence-corrected chi connectivity index (χ0v) is 8.50. The van der Waals surface area contributed by atoms with E-state index in [1.807, 2.05) is 0 Å². The van der Waals surface area contributed by atoms with E-state index in [2.05, 4.69) is 15.9 Å². The van der Waals surface area contributed by atoms with Gasteiger partial charge < -0.3 is 0 Å². The van der Waals surface area contributed by atoms with Gasteiger partial charge in [-0.15, -0.1) is 11.6 Å². The molecule has 2 heteroatoms. The van der Waals surface area contributed by atoms with E-state index in [1.54, 1.807) is 0 Å². The first-order valence-corrected chi connectivity index (χ1v) is 5.58. The van der Waals surface area contributed by atoms with Crippen LogP contribution in [0.2, 0.25) is 0 Å². The lowest BCUT2D eigenvalue weighted by atomic mass is 9.87. The molecule has 10 heavy (non-hydrogen) atoms. The average molecular weight is 226 g/mol. The summed E-state index contributed by atoms with van der Waals surface area (Å²) in [5, 5.41) is 1.61. The summed E-state index contributed by atoms with van der Waals surface area (Å²) in [4.78, 5) is 0. The Bertz CT molecular complexity index is 93.3. The van der Waals surface area contributed by atoms with Crippen LogP contribution < -0.4 is 0 Å². The van der Waals surface area contributed by atoms with Crippen molar-refractivity contribution in [3.63, 3.8) is 0 Å². The fourth-order valence-electron chi connectivity index (χ4n) is 1.64. The van der Waals surface area contributed by atoms with Crippen molar-refractivity contribution in [2.45, 2.75) is 37.5 Å². The van der Waals surface area contributed by atoms with Crippen molar-refractivity contribution in [3.8, 4) is 0 Å². The molecule has 0 aromatic heterocycles. The molecular formula is C8H14BrCl. The largest absolute Gasteiger partial charge is 0.123 e. The lowest BCUT2D eigenvalue weighted by Gasteiger charge is -2.24. The van der Waals surface area contributed by atoms with Crippen LogP contribution in [0.25, 0.3) is 0 Å². The van der Waals surface area contributed by atoms with Gasteiger partial charge in [0.15, 0.2) is 0 Å². The van der Waals surface area contributed by atoms with Crippen LogP contribution in [0.1, 0.15) is 32.1 Å². The van der Waals surface area contributed by atoms with Gasteiger partial charge in [-0.2, -0.15) is 0 Å². The second-order valence-electron chi connectivity index (χ2n) is 3.11. The van der Waals surface area contributed by atoms with Gasteiger partial charge in [0.1, 0.15) is 0 Å².